The second kappa shape index (κ2) is 6.06. The molecular formula is C15H22BFO5. The minimum atomic E-state index is -0.749. The number of methoxy groups -OCH3 is 2. The monoisotopic (exact) mass is 312 g/mol. The molecule has 1 aromatic rings. The van der Waals surface area contributed by atoms with Gasteiger partial charge in [0.25, 0.3) is 0 Å². The summed E-state index contributed by atoms with van der Waals surface area (Å²) < 4.78 is 41.5. The van der Waals surface area contributed by atoms with Gasteiger partial charge < -0.3 is 23.5 Å². The molecule has 1 aliphatic rings. The molecule has 0 bridgehead atoms. The molecule has 2 rings (SSSR count). The predicted molar refractivity (Wildman–Crippen MR) is 81.2 cm³/mol. The van der Waals surface area contributed by atoms with E-state index in [1.165, 1.54) is 26.4 Å². The highest BCUT2D eigenvalue weighted by molar-refractivity contribution is 6.63. The molecule has 1 aliphatic heterocycles. The summed E-state index contributed by atoms with van der Waals surface area (Å²) in [6, 6.07) is 2.58. The summed E-state index contributed by atoms with van der Waals surface area (Å²) in [5.74, 6) is 0.164. The molecule has 0 amide bonds. The highest BCUT2D eigenvalue weighted by Crippen LogP contribution is 2.38. The van der Waals surface area contributed by atoms with Gasteiger partial charge in [0.2, 0.25) is 0 Å². The lowest BCUT2D eigenvalue weighted by Gasteiger charge is -2.32. The fourth-order valence-electron chi connectivity index (χ4n) is 2.16. The smallest absolute Gasteiger partial charge is 0.493 e. The van der Waals surface area contributed by atoms with Crippen molar-refractivity contribution < 1.29 is 27.9 Å². The van der Waals surface area contributed by atoms with Crippen LogP contribution in [-0.2, 0) is 14.0 Å². The molecule has 0 aromatic heterocycles. The fourth-order valence-corrected chi connectivity index (χ4v) is 2.16. The molecule has 0 atom stereocenters. The SMILES string of the molecule is COCOc1c(OC)cc(F)cc1B1OC(C)(C)C(C)(C)O1. The summed E-state index contributed by atoms with van der Waals surface area (Å²) in [6.45, 7) is 7.73. The van der Waals surface area contributed by atoms with Gasteiger partial charge in [0.1, 0.15) is 5.82 Å². The average molecular weight is 312 g/mol. The van der Waals surface area contributed by atoms with Gasteiger partial charge in [-0.2, -0.15) is 0 Å². The molecule has 0 aliphatic carbocycles. The van der Waals surface area contributed by atoms with Crippen LogP contribution in [0.5, 0.6) is 11.5 Å². The topological polar surface area (TPSA) is 46.2 Å². The number of hydrogen-bond donors (Lipinski definition) is 0. The lowest BCUT2D eigenvalue weighted by molar-refractivity contribution is 0.00578. The van der Waals surface area contributed by atoms with Crippen LogP contribution in [0.1, 0.15) is 27.7 Å². The van der Waals surface area contributed by atoms with Gasteiger partial charge in [0.05, 0.1) is 18.3 Å². The van der Waals surface area contributed by atoms with Crippen molar-refractivity contribution in [3.63, 3.8) is 0 Å². The van der Waals surface area contributed by atoms with Crippen molar-refractivity contribution in [3.05, 3.63) is 17.9 Å². The predicted octanol–water partition coefficient (Wildman–Crippen LogP) is 2.12. The molecular weight excluding hydrogens is 290 g/mol. The van der Waals surface area contributed by atoms with Crippen molar-refractivity contribution in [1.82, 2.24) is 0 Å². The normalized spacial score (nSPS) is 19.3. The zero-order valence-electron chi connectivity index (χ0n) is 13.9. The van der Waals surface area contributed by atoms with Gasteiger partial charge in [0, 0.05) is 18.6 Å². The van der Waals surface area contributed by atoms with Gasteiger partial charge in [0.15, 0.2) is 18.3 Å². The van der Waals surface area contributed by atoms with E-state index in [4.69, 9.17) is 23.5 Å². The third-order valence-corrected chi connectivity index (χ3v) is 4.10. The first-order chi connectivity index (χ1) is 10.2. The first-order valence-electron chi connectivity index (χ1n) is 7.06. The number of ether oxygens (including phenoxy) is 3. The van der Waals surface area contributed by atoms with E-state index >= 15 is 0 Å². The van der Waals surface area contributed by atoms with E-state index in [0.717, 1.165) is 0 Å². The maximum absolute atomic E-state index is 13.9. The summed E-state index contributed by atoms with van der Waals surface area (Å²) in [4.78, 5) is 0. The number of benzene rings is 1. The van der Waals surface area contributed by atoms with Crippen LogP contribution in [0, 0.1) is 5.82 Å². The number of rotatable bonds is 5. The average Bonchev–Trinajstić information content (AvgIpc) is 2.65. The van der Waals surface area contributed by atoms with Crippen LogP contribution in [0.2, 0.25) is 0 Å². The highest BCUT2D eigenvalue weighted by Gasteiger charge is 2.52. The van der Waals surface area contributed by atoms with Crippen molar-refractivity contribution >= 4 is 12.6 Å². The lowest BCUT2D eigenvalue weighted by Crippen LogP contribution is -2.41. The number of hydrogen-bond acceptors (Lipinski definition) is 5. The van der Waals surface area contributed by atoms with Gasteiger partial charge in [-0.25, -0.2) is 4.39 Å². The van der Waals surface area contributed by atoms with Crippen molar-refractivity contribution in [2.24, 2.45) is 0 Å². The van der Waals surface area contributed by atoms with E-state index in [1.807, 2.05) is 27.7 Å². The second-order valence-electron chi connectivity index (χ2n) is 6.17. The maximum Gasteiger partial charge on any atom is 0.498 e. The molecule has 1 fully saturated rings. The molecule has 1 saturated heterocycles. The molecule has 5 nitrogen and oxygen atoms in total. The highest BCUT2D eigenvalue weighted by atomic mass is 19.1. The van der Waals surface area contributed by atoms with Crippen LogP contribution < -0.4 is 14.9 Å². The molecule has 0 radical (unpaired) electrons. The quantitative estimate of drug-likeness (QED) is 0.615. The third-order valence-electron chi connectivity index (χ3n) is 4.10. The summed E-state index contributed by atoms with van der Waals surface area (Å²) in [6.07, 6.45) is 0. The van der Waals surface area contributed by atoms with Crippen LogP contribution in [0.15, 0.2) is 12.1 Å². The Kier molecular flexibility index (Phi) is 4.70. The first-order valence-corrected chi connectivity index (χ1v) is 7.06. The Labute approximate surface area is 130 Å². The molecule has 0 spiro atoms. The van der Waals surface area contributed by atoms with E-state index in [0.29, 0.717) is 11.2 Å². The standard InChI is InChI=1S/C15H22BFO5/c1-14(2)15(3,4)22-16(21-14)11-7-10(17)8-12(19-6)13(11)20-9-18-5/h7-8H,9H2,1-6H3. The minimum Gasteiger partial charge on any atom is -0.493 e. The van der Waals surface area contributed by atoms with Gasteiger partial charge in [-0.05, 0) is 33.8 Å². The Morgan fingerprint density at radius 3 is 2.18 bits per heavy atom. The molecule has 0 unspecified atom stereocenters. The molecule has 22 heavy (non-hydrogen) atoms. The second-order valence-corrected chi connectivity index (χ2v) is 6.17. The van der Waals surface area contributed by atoms with Gasteiger partial charge in [-0.1, -0.05) is 0 Å². The van der Waals surface area contributed by atoms with Crippen molar-refractivity contribution in [2.45, 2.75) is 38.9 Å². The first kappa shape index (κ1) is 17.1. The zero-order valence-corrected chi connectivity index (χ0v) is 13.9. The summed E-state index contributed by atoms with van der Waals surface area (Å²) >= 11 is 0. The van der Waals surface area contributed by atoms with Crippen molar-refractivity contribution in [1.29, 1.82) is 0 Å². The summed E-state index contributed by atoms with van der Waals surface area (Å²) in [5.41, 5.74) is -0.626. The fraction of sp³-hybridized carbons (Fsp3) is 0.600. The van der Waals surface area contributed by atoms with Gasteiger partial charge in [-0.15, -0.1) is 0 Å². The van der Waals surface area contributed by atoms with Gasteiger partial charge >= 0.3 is 7.12 Å². The molecule has 0 N–H and O–H groups in total. The Hall–Kier alpha value is -1.31. The van der Waals surface area contributed by atoms with Crippen LogP contribution >= 0.6 is 0 Å². The maximum atomic E-state index is 13.9. The Balaban J connectivity index is 2.44. The van der Waals surface area contributed by atoms with E-state index < -0.39 is 24.1 Å². The third kappa shape index (κ3) is 3.07. The van der Waals surface area contributed by atoms with E-state index in [1.54, 1.807) is 0 Å². The van der Waals surface area contributed by atoms with E-state index in [-0.39, 0.29) is 12.5 Å². The van der Waals surface area contributed by atoms with Crippen LogP contribution in [0.25, 0.3) is 0 Å². The Bertz CT molecular complexity index is 531. The van der Waals surface area contributed by atoms with E-state index in [2.05, 4.69) is 0 Å². The molecule has 1 aromatic carbocycles. The van der Waals surface area contributed by atoms with Crippen LogP contribution in [0.3, 0.4) is 0 Å². The summed E-state index contributed by atoms with van der Waals surface area (Å²) in [7, 11) is 2.20. The number of halogens is 1. The van der Waals surface area contributed by atoms with Gasteiger partial charge in [-0.3, -0.25) is 0 Å². The van der Waals surface area contributed by atoms with Crippen LogP contribution in [-0.4, -0.2) is 39.3 Å². The van der Waals surface area contributed by atoms with Crippen LogP contribution in [0.4, 0.5) is 4.39 Å². The Morgan fingerprint density at radius 2 is 1.68 bits per heavy atom. The minimum absolute atomic E-state index is 0.00843. The molecule has 1 heterocycles. The largest absolute Gasteiger partial charge is 0.498 e. The molecule has 122 valence electrons. The zero-order chi connectivity index (χ0) is 16.5. The summed E-state index contributed by atoms with van der Waals surface area (Å²) in [5, 5.41) is 0. The Morgan fingerprint density at radius 1 is 1.09 bits per heavy atom. The molecule has 0 saturated carbocycles. The van der Waals surface area contributed by atoms with E-state index in [9.17, 15) is 4.39 Å². The lowest BCUT2D eigenvalue weighted by atomic mass is 9.78. The van der Waals surface area contributed by atoms with Crippen molar-refractivity contribution in [3.8, 4) is 11.5 Å². The van der Waals surface area contributed by atoms with Crippen molar-refractivity contribution in [2.75, 3.05) is 21.0 Å². The molecule has 7 heteroatoms.